The van der Waals surface area contributed by atoms with Gasteiger partial charge in [0.25, 0.3) is 10.0 Å². The van der Waals surface area contributed by atoms with Gasteiger partial charge in [-0.3, -0.25) is 0 Å². The van der Waals surface area contributed by atoms with E-state index in [4.69, 9.17) is 16.7 Å². The zero-order valence-electron chi connectivity index (χ0n) is 10.6. The van der Waals surface area contributed by atoms with Crippen LogP contribution in [-0.2, 0) is 10.0 Å². The van der Waals surface area contributed by atoms with E-state index in [0.29, 0.717) is 5.56 Å². The molecule has 7 heteroatoms. The topological polar surface area (TPSA) is 83.8 Å². The normalized spacial score (nSPS) is 11.7. The molecule has 2 aromatic rings. The van der Waals surface area contributed by atoms with Gasteiger partial charge in [0.2, 0.25) is 0 Å². The molecule has 0 amide bonds. The molecule has 0 heterocycles. The number of hydrogen-bond acceptors (Lipinski definition) is 3. The summed E-state index contributed by atoms with van der Waals surface area (Å²) in [6.45, 7) is 0. The highest BCUT2D eigenvalue weighted by Crippen LogP contribution is 2.18. The molecule has 0 saturated carbocycles. The van der Waals surface area contributed by atoms with E-state index in [9.17, 15) is 13.2 Å². The number of carbonyl (C=O) groups is 1. The molecule has 21 heavy (non-hydrogen) atoms. The minimum absolute atomic E-state index is 0.0172. The number of halogens is 1. The van der Waals surface area contributed by atoms with Crippen LogP contribution in [0.2, 0.25) is 5.02 Å². The van der Waals surface area contributed by atoms with Crippen LogP contribution in [0.1, 0.15) is 15.9 Å². The molecule has 0 saturated heterocycles. The molecule has 0 bridgehead atoms. The number of rotatable bonds is 4. The van der Waals surface area contributed by atoms with Gasteiger partial charge in [-0.05, 0) is 29.8 Å². The van der Waals surface area contributed by atoms with Crippen molar-refractivity contribution in [2.45, 2.75) is 4.90 Å². The Morgan fingerprint density at radius 3 is 2.38 bits per heavy atom. The third kappa shape index (κ3) is 3.68. The maximum absolute atomic E-state index is 11.9. The second kappa shape index (κ2) is 6.07. The van der Waals surface area contributed by atoms with E-state index >= 15 is 0 Å². The summed E-state index contributed by atoms with van der Waals surface area (Å²) in [4.78, 5) is 10.9. The lowest BCUT2D eigenvalue weighted by molar-refractivity contribution is 0.0697. The Kier molecular flexibility index (Phi) is 4.40. The fourth-order valence-corrected chi connectivity index (χ4v) is 2.72. The van der Waals surface area contributed by atoms with Crippen LogP contribution in [0, 0.1) is 0 Å². The Labute approximate surface area is 126 Å². The molecule has 0 atom stereocenters. The van der Waals surface area contributed by atoms with E-state index < -0.39 is 16.0 Å². The van der Waals surface area contributed by atoms with Gasteiger partial charge in [-0.25, -0.2) is 4.79 Å². The molecule has 2 rings (SSSR count). The molecule has 0 spiro atoms. The third-order valence-electron chi connectivity index (χ3n) is 2.61. The quantitative estimate of drug-likeness (QED) is 0.877. The van der Waals surface area contributed by atoms with Crippen LogP contribution < -0.4 is 0 Å². The number of carboxylic acids is 1. The molecule has 5 nitrogen and oxygen atoms in total. The number of hydrogen-bond donors (Lipinski definition) is 1. The molecular weight excluding hydrogens is 314 g/mol. The summed E-state index contributed by atoms with van der Waals surface area (Å²) in [6.07, 6.45) is 1.12. The summed E-state index contributed by atoms with van der Waals surface area (Å²) in [5, 5.41) is 8.87. The number of carboxylic acid groups (broad SMARTS) is 1. The van der Waals surface area contributed by atoms with Crippen molar-refractivity contribution in [2.75, 3.05) is 0 Å². The summed E-state index contributed by atoms with van der Waals surface area (Å²) in [7, 11) is -3.79. The summed E-state index contributed by atoms with van der Waals surface area (Å²) in [5.74, 6) is -1.15. The number of benzene rings is 2. The fourth-order valence-electron chi connectivity index (χ4n) is 1.57. The van der Waals surface area contributed by atoms with Gasteiger partial charge in [0.1, 0.15) is 0 Å². The molecular formula is C14H10ClNO4S. The predicted molar refractivity (Wildman–Crippen MR) is 79.6 cm³/mol. The van der Waals surface area contributed by atoms with Gasteiger partial charge in [-0.2, -0.15) is 12.8 Å². The number of aromatic carboxylic acids is 1. The van der Waals surface area contributed by atoms with Crippen LogP contribution in [-0.4, -0.2) is 25.7 Å². The molecule has 0 aliphatic rings. The van der Waals surface area contributed by atoms with E-state index in [1.165, 1.54) is 30.3 Å². The Bertz CT molecular complexity index is 801. The highest BCUT2D eigenvalue weighted by Gasteiger charge is 2.11. The Morgan fingerprint density at radius 1 is 1.14 bits per heavy atom. The van der Waals surface area contributed by atoms with Crippen molar-refractivity contribution >= 4 is 33.8 Å². The van der Waals surface area contributed by atoms with E-state index in [-0.39, 0.29) is 15.5 Å². The first-order valence-electron chi connectivity index (χ1n) is 5.78. The van der Waals surface area contributed by atoms with Crippen molar-refractivity contribution in [1.29, 1.82) is 0 Å². The van der Waals surface area contributed by atoms with E-state index in [1.54, 1.807) is 18.2 Å². The Morgan fingerprint density at radius 2 is 1.81 bits per heavy atom. The van der Waals surface area contributed by atoms with Crippen molar-refractivity contribution < 1.29 is 18.3 Å². The maximum atomic E-state index is 11.9. The van der Waals surface area contributed by atoms with Crippen molar-refractivity contribution in [3.05, 3.63) is 64.7 Å². The van der Waals surface area contributed by atoms with Crippen LogP contribution >= 0.6 is 11.6 Å². The van der Waals surface area contributed by atoms with E-state index in [1.807, 2.05) is 0 Å². The van der Waals surface area contributed by atoms with Crippen LogP contribution in [0.3, 0.4) is 0 Å². The van der Waals surface area contributed by atoms with E-state index in [0.717, 1.165) is 6.21 Å². The van der Waals surface area contributed by atoms with Crippen LogP contribution in [0.25, 0.3) is 0 Å². The molecule has 0 aromatic heterocycles. The zero-order valence-corrected chi connectivity index (χ0v) is 12.2. The average molecular weight is 324 g/mol. The molecule has 0 unspecified atom stereocenters. The molecule has 108 valence electrons. The monoisotopic (exact) mass is 323 g/mol. The van der Waals surface area contributed by atoms with Crippen LogP contribution in [0.15, 0.2) is 57.8 Å². The van der Waals surface area contributed by atoms with Gasteiger partial charge < -0.3 is 5.11 Å². The highest BCUT2D eigenvalue weighted by atomic mass is 35.5. The Balaban J connectivity index is 2.30. The zero-order chi connectivity index (χ0) is 15.5. The van der Waals surface area contributed by atoms with Crippen LogP contribution in [0.5, 0.6) is 0 Å². The standard InChI is InChI=1S/C14H10ClNO4S/c15-13-8-10(6-7-12(13)14(17)18)9-16-21(19,20)11-4-2-1-3-5-11/h1-9H,(H,17,18)/b16-9+. The summed E-state index contributed by atoms with van der Waals surface area (Å²) in [5.41, 5.74) is 0.337. The predicted octanol–water partition coefficient (Wildman–Crippen LogP) is 2.85. The summed E-state index contributed by atoms with van der Waals surface area (Å²) >= 11 is 5.80. The number of sulfonamides is 1. The van der Waals surface area contributed by atoms with Gasteiger partial charge in [-0.15, -0.1) is 0 Å². The van der Waals surface area contributed by atoms with Crippen molar-refractivity contribution in [3.63, 3.8) is 0 Å². The second-order valence-electron chi connectivity index (χ2n) is 4.07. The molecule has 0 aliphatic heterocycles. The first-order valence-corrected chi connectivity index (χ1v) is 7.60. The van der Waals surface area contributed by atoms with Crippen LogP contribution in [0.4, 0.5) is 0 Å². The highest BCUT2D eigenvalue weighted by molar-refractivity contribution is 7.90. The molecule has 0 fully saturated rings. The molecule has 1 N–H and O–H groups in total. The first-order chi connectivity index (χ1) is 9.90. The molecule has 0 radical (unpaired) electrons. The molecule has 0 aliphatic carbocycles. The Hall–Kier alpha value is -2.18. The van der Waals surface area contributed by atoms with Gasteiger partial charge >= 0.3 is 5.97 Å². The van der Waals surface area contributed by atoms with Crippen molar-refractivity contribution in [1.82, 2.24) is 0 Å². The van der Waals surface area contributed by atoms with Crippen molar-refractivity contribution in [2.24, 2.45) is 4.40 Å². The second-order valence-corrected chi connectivity index (χ2v) is 6.11. The minimum atomic E-state index is -3.79. The SMILES string of the molecule is O=C(O)c1ccc(/C=N/S(=O)(=O)c2ccccc2)cc1Cl. The van der Waals surface area contributed by atoms with Gasteiger partial charge in [0.15, 0.2) is 0 Å². The lowest BCUT2D eigenvalue weighted by Gasteiger charge is -2.00. The number of nitrogens with zero attached hydrogens (tertiary/aromatic N) is 1. The van der Waals surface area contributed by atoms with Gasteiger partial charge in [0.05, 0.1) is 15.5 Å². The van der Waals surface area contributed by atoms with Gasteiger partial charge in [0, 0.05) is 6.21 Å². The summed E-state index contributed by atoms with van der Waals surface area (Å²) < 4.78 is 27.4. The largest absolute Gasteiger partial charge is 0.478 e. The minimum Gasteiger partial charge on any atom is -0.478 e. The fraction of sp³-hybridized carbons (Fsp3) is 0. The lowest BCUT2D eigenvalue weighted by Crippen LogP contribution is -1.99. The van der Waals surface area contributed by atoms with Crippen molar-refractivity contribution in [3.8, 4) is 0 Å². The summed E-state index contributed by atoms with van der Waals surface area (Å²) in [6, 6.07) is 11.8. The lowest BCUT2D eigenvalue weighted by atomic mass is 10.1. The maximum Gasteiger partial charge on any atom is 0.337 e. The third-order valence-corrected chi connectivity index (χ3v) is 4.17. The smallest absolute Gasteiger partial charge is 0.337 e. The molecule has 2 aromatic carbocycles. The first kappa shape index (κ1) is 15.2. The van der Waals surface area contributed by atoms with E-state index in [2.05, 4.69) is 4.40 Å². The average Bonchev–Trinajstić information content (AvgIpc) is 2.46. The van der Waals surface area contributed by atoms with Gasteiger partial charge in [-0.1, -0.05) is 35.9 Å².